The zero-order chi connectivity index (χ0) is 13.7. The minimum Gasteiger partial charge on any atom is -0.420 e. The Morgan fingerprint density at radius 3 is 2.28 bits per heavy atom. The molecule has 1 heterocycles. The Bertz CT molecular complexity index is 470. The summed E-state index contributed by atoms with van der Waals surface area (Å²) in [5.74, 6) is -1.31. The summed E-state index contributed by atoms with van der Waals surface area (Å²) in [7, 11) is 0. The fraction of sp³-hybridized carbons (Fsp3) is 0.500. The van der Waals surface area contributed by atoms with Crippen LogP contribution in [0.1, 0.15) is 27.7 Å². The van der Waals surface area contributed by atoms with Crippen molar-refractivity contribution in [2.45, 2.75) is 43.5 Å². The molecule has 6 heteroatoms. The Labute approximate surface area is 115 Å². The number of benzene rings is 1. The van der Waals surface area contributed by atoms with Gasteiger partial charge < -0.3 is 4.65 Å². The van der Waals surface area contributed by atoms with Gasteiger partial charge in [-0.15, -0.1) is 11.6 Å². The van der Waals surface area contributed by atoms with Gasteiger partial charge in [0.05, 0.1) is 9.92 Å². The van der Waals surface area contributed by atoms with Gasteiger partial charge in [0.15, 0.2) is 0 Å². The summed E-state index contributed by atoms with van der Waals surface area (Å²) in [5, 5.41) is -0.0245. The Morgan fingerprint density at radius 2 is 1.83 bits per heavy atom. The van der Waals surface area contributed by atoms with E-state index in [0.29, 0.717) is 0 Å². The van der Waals surface area contributed by atoms with E-state index in [0.717, 1.165) is 12.1 Å². The summed E-state index contributed by atoms with van der Waals surface area (Å²) in [6, 6.07) is 1.95. The lowest BCUT2D eigenvalue weighted by Gasteiger charge is -2.56. The third-order valence-electron chi connectivity index (χ3n) is 3.73. The summed E-state index contributed by atoms with van der Waals surface area (Å²) < 4.78 is 32.4. The van der Waals surface area contributed by atoms with Crippen molar-refractivity contribution in [1.29, 1.82) is 0 Å². The fourth-order valence-electron chi connectivity index (χ4n) is 1.71. The van der Waals surface area contributed by atoms with Gasteiger partial charge in [-0.25, -0.2) is 8.78 Å². The van der Waals surface area contributed by atoms with Crippen molar-refractivity contribution in [3.05, 3.63) is 28.8 Å². The van der Waals surface area contributed by atoms with E-state index in [1.165, 1.54) is 11.6 Å². The predicted octanol–water partition coefficient (Wildman–Crippen LogP) is 4.79. The van der Waals surface area contributed by atoms with Crippen molar-refractivity contribution >= 4 is 29.4 Å². The molecule has 0 atom stereocenters. The van der Waals surface area contributed by atoms with Gasteiger partial charge in [-0.3, -0.25) is 0 Å². The van der Waals surface area contributed by atoms with E-state index in [-0.39, 0.29) is 27.0 Å². The van der Waals surface area contributed by atoms with Crippen molar-refractivity contribution in [3.8, 4) is 0 Å². The molecule has 0 saturated carbocycles. The van der Waals surface area contributed by atoms with Crippen LogP contribution >= 0.6 is 23.2 Å². The van der Waals surface area contributed by atoms with Gasteiger partial charge in [-0.1, -0.05) is 25.4 Å². The number of halogens is 3. The van der Waals surface area contributed by atoms with Gasteiger partial charge in [-0.2, -0.15) is 0 Å². The van der Waals surface area contributed by atoms with Crippen LogP contribution in [-0.2, 0) is 4.65 Å². The van der Waals surface area contributed by atoms with Crippen LogP contribution < -0.4 is 0 Å². The molecule has 1 aliphatic heterocycles. The second-order valence-corrected chi connectivity index (χ2v) is 6.98. The average Bonchev–Trinajstić information content (AvgIpc) is 2.21. The number of rotatable bonds is 2. The van der Waals surface area contributed by atoms with Crippen molar-refractivity contribution in [1.82, 2.24) is 0 Å². The summed E-state index contributed by atoms with van der Waals surface area (Å²) in [4.78, 5) is 0.242. The molecule has 98 valence electrons. The second kappa shape index (κ2) is 4.39. The molecule has 1 nitrogen and oxygen atoms in total. The standard InChI is InChI=1S/C12H14BClF2OS/c1-11(2)12(3,4)17-13(11)18-10-8(14)5-7(15)6-9(10)16/h5-6H,1-4H3. The molecule has 0 bridgehead atoms. The number of hydrogen-bond donors (Lipinski definition) is 0. The Morgan fingerprint density at radius 1 is 1.22 bits per heavy atom. The number of hydrogen-bond acceptors (Lipinski definition) is 2. The van der Waals surface area contributed by atoms with Crippen LogP contribution in [0.4, 0.5) is 8.78 Å². The highest BCUT2D eigenvalue weighted by Crippen LogP contribution is 2.58. The summed E-state index contributed by atoms with van der Waals surface area (Å²) >= 11 is 7.07. The summed E-state index contributed by atoms with van der Waals surface area (Å²) in [6.45, 7) is 8.10. The minimum absolute atomic E-state index is 0.0848. The molecule has 2 rings (SSSR count). The summed E-state index contributed by atoms with van der Waals surface area (Å²) in [5.41, 5.74) is -0.256. The van der Waals surface area contributed by atoms with E-state index in [4.69, 9.17) is 16.3 Å². The molecule has 1 aromatic rings. The molecule has 1 fully saturated rings. The van der Waals surface area contributed by atoms with Crippen LogP contribution in [0.15, 0.2) is 17.0 Å². The monoisotopic (exact) mass is 290 g/mol. The first-order valence-corrected chi connectivity index (χ1v) is 6.90. The fourth-order valence-corrected chi connectivity index (χ4v) is 3.46. The van der Waals surface area contributed by atoms with E-state index in [9.17, 15) is 8.78 Å². The molecule has 0 radical (unpaired) electrons. The third-order valence-corrected chi connectivity index (χ3v) is 5.69. The van der Waals surface area contributed by atoms with Gasteiger partial charge in [-0.05, 0) is 19.9 Å². The molecule has 0 unspecified atom stereocenters. The van der Waals surface area contributed by atoms with Crippen LogP contribution in [0.2, 0.25) is 10.3 Å². The Balaban J connectivity index is 2.22. The molecule has 0 aliphatic carbocycles. The first-order valence-electron chi connectivity index (χ1n) is 5.64. The van der Waals surface area contributed by atoms with Crippen LogP contribution in [0.5, 0.6) is 0 Å². The Kier molecular flexibility index (Phi) is 3.45. The van der Waals surface area contributed by atoms with Crippen LogP contribution in [0.3, 0.4) is 0 Å². The molecule has 18 heavy (non-hydrogen) atoms. The molecular formula is C12H14BClF2OS. The van der Waals surface area contributed by atoms with Crippen LogP contribution in [0.25, 0.3) is 0 Å². The third kappa shape index (κ3) is 2.17. The second-order valence-electron chi connectivity index (χ2n) is 5.50. The smallest absolute Gasteiger partial charge is 0.375 e. The first-order chi connectivity index (χ1) is 8.15. The van der Waals surface area contributed by atoms with Crippen molar-refractivity contribution in [2.24, 2.45) is 0 Å². The minimum atomic E-state index is -0.670. The maximum atomic E-state index is 13.7. The summed E-state index contributed by atoms with van der Waals surface area (Å²) in [6.07, 6.45) is -0.190. The largest absolute Gasteiger partial charge is 0.420 e. The molecule has 0 aromatic heterocycles. The first kappa shape index (κ1) is 14.2. The van der Waals surface area contributed by atoms with E-state index >= 15 is 0 Å². The lowest BCUT2D eigenvalue weighted by Crippen LogP contribution is -2.59. The van der Waals surface area contributed by atoms with Gasteiger partial charge in [0.2, 0.25) is 0 Å². The van der Waals surface area contributed by atoms with Crippen LogP contribution in [0, 0.1) is 11.6 Å². The van der Waals surface area contributed by atoms with Crippen molar-refractivity contribution in [3.63, 3.8) is 0 Å². The van der Waals surface area contributed by atoms with E-state index in [1.54, 1.807) is 0 Å². The lowest BCUT2D eigenvalue weighted by atomic mass is 9.49. The van der Waals surface area contributed by atoms with E-state index in [1.807, 2.05) is 13.8 Å². The molecule has 0 amide bonds. The quantitative estimate of drug-likeness (QED) is 0.724. The van der Waals surface area contributed by atoms with E-state index < -0.39 is 11.6 Å². The highest BCUT2D eigenvalue weighted by atomic mass is 35.5. The molecule has 1 aliphatic rings. The Hall–Kier alpha value is -0.255. The highest BCUT2D eigenvalue weighted by Gasteiger charge is 2.59. The molecule has 1 aromatic carbocycles. The SMILES string of the molecule is CC1(C)OB(Sc2c(F)cc(F)cc2Cl)C1(C)C. The molecule has 0 spiro atoms. The zero-order valence-corrected chi connectivity index (χ0v) is 12.3. The molecular weight excluding hydrogens is 276 g/mol. The molecule has 1 saturated heterocycles. The maximum absolute atomic E-state index is 13.7. The van der Waals surface area contributed by atoms with Gasteiger partial charge in [0.1, 0.15) is 11.6 Å². The average molecular weight is 291 g/mol. The van der Waals surface area contributed by atoms with Gasteiger partial charge in [0.25, 0.3) is 0 Å². The predicted molar refractivity (Wildman–Crippen MR) is 72.2 cm³/mol. The van der Waals surface area contributed by atoms with Gasteiger partial charge in [0, 0.05) is 17.0 Å². The lowest BCUT2D eigenvalue weighted by molar-refractivity contribution is -0.00484. The van der Waals surface area contributed by atoms with Crippen molar-refractivity contribution in [2.75, 3.05) is 0 Å². The van der Waals surface area contributed by atoms with Gasteiger partial charge >= 0.3 is 6.19 Å². The maximum Gasteiger partial charge on any atom is 0.375 e. The normalized spacial score (nSPS) is 20.7. The topological polar surface area (TPSA) is 9.23 Å². The van der Waals surface area contributed by atoms with Crippen molar-refractivity contribution < 1.29 is 13.4 Å². The zero-order valence-electron chi connectivity index (χ0n) is 10.7. The van der Waals surface area contributed by atoms with E-state index in [2.05, 4.69) is 13.8 Å². The molecule has 0 N–H and O–H groups in total. The highest BCUT2D eigenvalue weighted by molar-refractivity contribution is 8.25. The van der Waals surface area contributed by atoms with Crippen LogP contribution in [-0.4, -0.2) is 11.8 Å².